The fraction of sp³-hybridized carbons (Fsp3) is 0.478. The maximum absolute atomic E-state index is 5.94. The van der Waals surface area contributed by atoms with Gasteiger partial charge < -0.3 is 4.74 Å². The normalized spacial score (nSPS) is 24.2. The zero-order chi connectivity index (χ0) is 19.8. The van der Waals surface area contributed by atoms with Crippen LogP contribution in [0.2, 0.25) is 5.02 Å². The predicted octanol–water partition coefficient (Wildman–Crippen LogP) is 4.70. The number of aromatic nitrogens is 3. The molecular formula is C23H27ClN4O. The summed E-state index contributed by atoms with van der Waals surface area (Å²) in [6, 6.07) is 10.5. The number of hydrogen-bond donors (Lipinski definition) is 1. The molecule has 6 rings (SSSR count). The number of hydrogen-bond acceptors (Lipinski definition) is 4. The van der Waals surface area contributed by atoms with Gasteiger partial charge in [0.2, 0.25) is 0 Å². The van der Waals surface area contributed by atoms with Crippen LogP contribution < -0.4 is 0 Å². The molecule has 2 aliphatic heterocycles. The van der Waals surface area contributed by atoms with Gasteiger partial charge in [0.05, 0.1) is 24.8 Å². The molecule has 1 saturated carbocycles. The summed E-state index contributed by atoms with van der Waals surface area (Å²) in [6.45, 7) is 6.71. The van der Waals surface area contributed by atoms with Crippen molar-refractivity contribution in [3.8, 4) is 11.3 Å². The lowest BCUT2D eigenvalue weighted by molar-refractivity contribution is -0.0593. The molecule has 0 radical (unpaired) electrons. The average molecular weight is 411 g/mol. The maximum Gasteiger partial charge on any atom is 0.100 e. The molecule has 0 amide bonds. The monoisotopic (exact) mass is 410 g/mol. The number of likely N-dealkylation sites (tertiary alicyclic amines) is 1. The number of ether oxygens (including phenoxy) is 1. The molecular weight excluding hydrogens is 384 g/mol. The number of halogens is 1. The zero-order valence-electron chi connectivity index (χ0n) is 16.8. The van der Waals surface area contributed by atoms with E-state index in [9.17, 15) is 0 Å². The molecule has 2 aromatic heterocycles. The Morgan fingerprint density at radius 2 is 1.90 bits per heavy atom. The molecule has 4 heterocycles. The highest BCUT2D eigenvalue weighted by molar-refractivity contribution is 6.31. The van der Waals surface area contributed by atoms with Gasteiger partial charge in [-0.15, -0.1) is 0 Å². The van der Waals surface area contributed by atoms with E-state index in [2.05, 4.69) is 20.1 Å². The third-order valence-electron chi connectivity index (χ3n) is 6.59. The molecule has 2 atom stereocenters. The molecule has 1 aliphatic carbocycles. The number of H-pyrrole nitrogens is 1. The highest BCUT2D eigenvalue weighted by Crippen LogP contribution is 2.39. The molecule has 0 bridgehead atoms. The number of aromatic amines is 1. The van der Waals surface area contributed by atoms with Gasteiger partial charge in [0.25, 0.3) is 0 Å². The number of nitrogens with one attached hydrogen (secondary N) is 1. The third-order valence-corrected chi connectivity index (χ3v) is 6.82. The lowest BCUT2D eigenvalue weighted by Gasteiger charge is -2.34. The first kappa shape index (κ1) is 19.0. The molecule has 1 N–H and O–H groups in total. The van der Waals surface area contributed by atoms with Crippen molar-refractivity contribution in [1.29, 1.82) is 0 Å². The Morgan fingerprint density at radius 3 is 2.59 bits per heavy atom. The summed E-state index contributed by atoms with van der Waals surface area (Å²) in [4.78, 5) is 6.85. The smallest absolute Gasteiger partial charge is 0.100 e. The fourth-order valence-electron chi connectivity index (χ4n) is 4.91. The van der Waals surface area contributed by atoms with Gasteiger partial charge in [0, 0.05) is 41.0 Å². The minimum absolute atomic E-state index is 0.707. The number of benzene rings is 1. The van der Waals surface area contributed by atoms with Crippen molar-refractivity contribution >= 4 is 22.5 Å². The molecule has 6 heteroatoms. The Balaban J connectivity index is 0.000000132. The summed E-state index contributed by atoms with van der Waals surface area (Å²) in [5.41, 5.74) is 3.92. The summed E-state index contributed by atoms with van der Waals surface area (Å²) >= 11 is 5.94. The van der Waals surface area contributed by atoms with Gasteiger partial charge in [-0.05, 0) is 61.9 Å². The van der Waals surface area contributed by atoms with E-state index in [4.69, 9.17) is 16.3 Å². The Labute approximate surface area is 176 Å². The first-order valence-corrected chi connectivity index (χ1v) is 10.9. The van der Waals surface area contributed by atoms with Gasteiger partial charge in [-0.3, -0.25) is 15.0 Å². The van der Waals surface area contributed by atoms with E-state index in [1.807, 2.05) is 37.3 Å². The second kappa shape index (κ2) is 8.05. The second-order valence-electron chi connectivity index (χ2n) is 8.54. The number of rotatable bonds is 2. The minimum Gasteiger partial charge on any atom is -0.378 e. The second-order valence-corrected chi connectivity index (χ2v) is 8.98. The molecule has 29 heavy (non-hydrogen) atoms. The number of fused-ring (bicyclic) bond motifs is 2. The van der Waals surface area contributed by atoms with E-state index >= 15 is 0 Å². The molecule has 5 nitrogen and oxygen atoms in total. The molecule has 3 aromatic rings. The van der Waals surface area contributed by atoms with Crippen LogP contribution in [0.4, 0.5) is 0 Å². The summed E-state index contributed by atoms with van der Waals surface area (Å²) in [5.74, 6) is 2.09. The van der Waals surface area contributed by atoms with E-state index in [-0.39, 0.29) is 0 Å². The maximum atomic E-state index is 5.94. The lowest BCUT2D eigenvalue weighted by Crippen LogP contribution is -2.48. The van der Waals surface area contributed by atoms with Gasteiger partial charge in [-0.2, -0.15) is 5.10 Å². The van der Waals surface area contributed by atoms with Gasteiger partial charge >= 0.3 is 0 Å². The fourth-order valence-corrected chi connectivity index (χ4v) is 5.08. The van der Waals surface area contributed by atoms with Gasteiger partial charge in [-0.1, -0.05) is 18.0 Å². The van der Waals surface area contributed by atoms with Crippen LogP contribution in [0.5, 0.6) is 0 Å². The molecule has 3 aliphatic rings. The quantitative estimate of drug-likeness (QED) is 0.665. The molecule has 152 valence electrons. The van der Waals surface area contributed by atoms with Crippen molar-refractivity contribution < 1.29 is 4.74 Å². The van der Waals surface area contributed by atoms with Crippen LogP contribution in [0, 0.1) is 18.8 Å². The summed E-state index contributed by atoms with van der Waals surface area (Å²) < 4.78 is 5.23. The van der Waals surface area contributed by atoms with Crippen LogP contribution >= 0.6 is 11.6 Å². The van der Waals surface area contributed by atoms with Crippen LogP contribution in [0.15, 0.2) is 36.5 Å². The van der Waals surface area contributed by atoms with Crippen molar-refractivity contribution in [2.24, 2.45) is 11.8 Å². The Hall–Kier alpha value is -1.95. The number of nitrogens with zero attached hydrogens (tertiary/aromatic N) is 3. The molecule has 0 spiro atoms. The average Bonchev–Trinajstić information content (AvgIpc) is 3.35. The summed E-state index contributed by atoms with van der Waals surface area (Å²) in [7, 11) is 0. The highest BCUT2D eigenvalue weighted by atomic mass is 35.5. The van der Waals surface area contributed by atoms with Crippen LogP contribution in [-0.2, 0) is 4.74 Å². The van der Waals surface area contributed by atoms with Gasteiger partial charge in [-0.25, -0.2) is 0 Å². The van der Waals surface area contributed by atoms with Crippen molar-refractivity contribution in [2.75, 3.05) is 26.3 Å². The van der Waals surface area contributed by atoms with Crippen LogP contribution in [-0.4, -0.2) is 52.4 Å². The van der Waals surface area contributed by atoms with E-state index in [0.717, 1.165) is 58.9 Å². The molecule has 0 unspecified atom stereocenters. The van der Waals surface area contributed by atoms with Crippen LogP contribution in [0.3, 0.4) is 0 Å². The Kier molecular flexibility index (Phi) is 5.29. The lowest BCUT2D eigenvalue weighted by atomic mass is 10.0. The Morgan fingerprint density at radius 1 is 1.10 bits per heavy atom. The Bertz CT molecular complexity index is 987. The zero-order valence-corrected chi connectivity index (χ0v) is 17.5. The number of aryl methyl sites for hydroxylation is 1. The minimum atomic E-state index is 0.707. The summed E-state index contributed by atoms with van der Waals surface area (Å²) in [6.07, 6.45) is 6.27. The number of pyridine rings is 1. The first-order chi connectivity index (χ1) is 14.2. The molecule has 3 fully saturated rings. The predicted molar refractivity (Wildman–Crippen MR) is 116 cm³/mol. The van der Waals surface area contributed by atoms with E-state index < -0.39 is 0 Å². The van der Waals surface area contributed by atoms with Gasteiger partial charge in [0.15, 0.2) is 0 Å². The largest absolute Gasteiger partial charge is 0.378 e. The molecule has 2 saturated heterocycles. The van der Waals surface area contributed by atoms with E-state index in [0.29, 0.717) is 5.02 Å². The topological polar surface area (TPSA) is 54.0 Å². The third kappa shape index (κ3) is 3.91. The summed E-state index contributed by atoms with van der Waals surface area (Å²) in [5, 5.41) is 9.10. The van der Waals surface area contributed by atoms with E-state index in [1.165, 1.54) is 32.4 Å². The van der Waals surface area contributed by atoms with Crippen molar-refractivity contribution in [2.45, 2.75) is 32.2 Å². The SMILES string of the molecule is C1C[C@@H]2CN(C3COC3)C[C@@H]2C1.Cc1cc(-c2n[nH]c3cc(Cl)ccc23)ccn1. The van der Waals surface area contributed by atoms with Crippen molar-refractivity contribution in [3.05, 3.63) is 47.2 Å². The first-order valence-electron chi connectivity index (χ1n) is 10.6. The molecule has 1 aromatic carbocycles. The van der Waals surface area contributed by atoms with Crippen molar-refractivity contribution in [3.63, 3.8) is 0 Å². The van der Waals surface area contributed by atoms with Crippen molar-refractivity contribution in [1.82, 2.24) is 20.1 Å². The van der Waals surface area contributed by atoms with Crippen LogP contribution in [0.1, 0.15) is 25.0 Å². The van der Waals surface area contributed by atoms with Gasteiger partial charge in [0.1, 0.15) is 5.69 Å². The van der Waals surface area contributed by atoms with E-state index in [1.54, 1.807) is 6.20 Å². The van der Waals surface area contributed by atoms with Crippen LogP contribution in [0.25, 0.3) is 22.2 Å². The standard InChI is InChI=1S/C13H10ClN3.C10H17NO/c1-8-6-9(4-5-15-8)13-11-3-2-10(14)7-12(11)16-17-13;1-2-8-4-11(5-9(8)3-1)10-6-12-7-10/h2-7H,1H3,(H,16,17);8-10H,1-7H2/t;8-,9+. The highest BCUT2D eigenvalue weighted by Gasteiger charge is 2.40.